The highest BCUT2D eigenvalue weighted by molar-refractivity contribution is 5.87. The van der Waals surface area contributed by atoms with Crippen LogP contribution in [-0.2, 0) is 25.7 Å². The van der Waals surface area contributed by atoms with E-state index in [4.69, 9.17) is 0 Å². The third-order valence-electron chi connectivity index (χ3n) is 10.2. The van der Waals surface area contributed by atoms with Crippen molar-refractivity contribution in [3.8, 4) is 45.6 Å². The summed E-state index contributed by atoms with van der Waals surface area (Å²) in [6.45, 7) is 0. The molecule has 0 bridgehead atoms. The molecule has 0 heterocycles. The van der Waals surface area contributed by atoms with E-state index in [1.165, 1.54) is 35.4 Å². The first-order valence-corrected chi connectivity index (χ1v) is 17.8. The van der Waals surface area contributed by atoms with Crippen molar-refractivity contribution in [2.45, 2.75) is 25.7 Å². The van der Waals surface area contributed by atoms with Crippen LogP contribution in [0.25, 0.3) is 32.7 Å². The van der Waals surface area contributed by atoms with Gasteiger partial charge in [0, 0.05) is 12.8 Å². The first-order chi connectivity index (χ1) is 26.2. The normalized spacial score (nSPS) is 11.3. The van der Waals surface area contributed by atoms with Crippen LogP contribution in [0.3, 0.4) is 0 Å². The lowest BCUT2D eigenvalue weighted by Gasteiger charge is -2.15. The Bertz CT molecular complexity index is 2510. The highest BCUT2D eigenvalue weighted by Crippen LogP contribution is 2.35. The van der Waals surface area contributed by atoms with Gasteiger partial charge in [0.05, 0.1) is 0 Å². The fourth-order valence-corrected chi connectivity index (χ4v) is 7.38. The first kappa shape index (κ1) is 34.2. The quantitative estimate of drug-likeness (QED) is 0.0830. The molecule has 266 valence electrons. The monoisotopic (exact) mass is 710 g/mol. The Labute approximate surface area is 312 Å². The second kappa shape index (κ2) is 14.2. The van der Waals surface area contributed by atoms with Crippen LogP contribution in [0.1, 0.15) is 44.5 Å². The summed E-state index contributed by atoms with van der Waals surface area (Å²) in [6.07, 6.45) is 2.24. The minimum atomic E-state index is -0.186. The fourth-order valence-electron chi connectivity index (χ4n) is 7.38. The van der Waals surface area contributed by atoms with Crippen LogP contribution in [0.5, 0.6) is 34.5 Å². The van der Waals surface area contributed by atoms with Crippen LogP contribution < -0.4 is 0 Å². The molecule has 6 heteroatoms. The Morgan fingerprint density at radius 3 is 1.06 bits per heavy atom. The van der Waals surface area contributed by atoms with Crippen molar-refractivity contribution in [3.63, 3.8) is 0 Å². The van der Waals surface area contributed by atoms with E-state index in [1.807, 2.05) is 24.3 Å². The largest absolute Gasteiger partial charge is 0.508 e. The van der Waals surface area contributed by atoms with Gasteiger partial charge in [0.2, 0.25) is 0 Å². The van der Waals surface area contributed by atoms with Crippen molar-refractivity contribution >= 4 is 21.5 Å². The van der Waals surface area contributed by atoms with Gasteiger partial charge in [-0.15, -0.1) is 0 Å². The molecule has 8 aromatic carbocycles. The summed E-state index contributed by atoms with van der Waals surface area (Å²) in [4.78, 5) is 0. The lowest BCUT2D eigenvalue weighted by atomic mass is 9.89. The van der Waals surface area contributed by atoms with Crippen molar-refractivity contribution in [3.05, 3.63) is 190 Å². The summed E-state index contributed by atoms with van der Waals surface area (Å²) in [5.74, 6) is -0.353. The molecule has 8 rings (SSSR count). The summed E-state index contributed by atoms with van der Waals surface area (Å²) >= 11 is 0. The molecule has 0 spiro atoms. The molecule has 8 aromatic rings. The average Bonchev–Trinajstić information content (AvgIpc) is 3.16. The van der Waals surface area contributed by atoms with Crippen LogP contribution in [0, 0.1) is 0 Å². The third-order valence-corrected chi connectivity index (χ3v) is 10.2. The second-order valence-corrected chi connectivity index (χ2v) is 14.0. The van der Waals surface area contributed by atoms with Crippen LogP contribution in [0.15, 0.2) is 146 Å². The summed E-state index contributed by atoms with van der Waals surface area (Å²) in [6, 6.07) is 46.6. The van der Waals surface area contributed by atoms with E-state index >= 15 is 0 Å². The zero-order valence-electron chi connectivity index (χ0n) is 29.4. The minimum Gasteiger partial charge on any atom is -0.508 e. The summed E-state index contributed by atoms with van der Waals surface area (Å²) < 4.78 is 0. The summed E-state index contributed by atoms with van der Waals surface area (Å²) in [7, 11) is 0. The Balaban J connectivity index is 1.07. The maximum absolute atomic E-state index is 10.8. The Kier molecular flexibility index (Phi) is 9.02. The topological polar surface area (TPSA) is 121 Å². The molecule has 0 saturated carbocycles. The predicted molar refractivity (Wildman–Crippen MR) is 214 cm³/mol. The number of benzene rings is 8. The lowest BCUT2D eigenvalue weighted by molar-refractivity contribution is 0.403. The van der Waals surface area contributed by atoms with Gasteiger partial charge in [-0.2, -0.15) is 0 Å². The van der Waals surface area contributed by atoms with Crippen molar-refractivity contribution in [2.24, 2.45) is 0 Å². The van der Waals surface area contributed by atoms with E-state index in [0.29, 0.717) is 25.7 Å². The van der Waals surface area contributed by atoms with Gasteiger partial charge in [0.25, 0.3) is 0 Å². The molecule has 54 heavy (non-hydrogen) atoms. The van der Waals surface area contributed by atoms with Gasteiger partial charge >= 0.3 is 0 Å². The van der Waals surface area contributed by atoms with Crippen LogP contribution >= 0.6 is 0 Å². The van der Waals surface area contributed by atoms with Crippen LogP contribution in [-0.4, -0.2) is 30.6 Å². The Morgan fingerprint density at radius 2 is 0.630 bits per heavy atom. The minimum absolute atomic E-state index is 0.175. The molecule has 0 amide bonds. The number of phenolic OH excluding ortho intramolecular Hbond substituents is 6. The molecule has 0 aliphatic heterocycles. The molecule has 0 aromatic heterocycles. The standard InChI is InChI=1S/C48H38O6/c49-43-15-11-31(23-47(43)53)21-39-25-37-19-29(9-13-33(37)27-45(39)51)17-35-5-1-3-7-41(35)42-8-4-2-6-36(42)18-30-10-14-34-28-46(52)40(26-38(34)20-30)22-32-12-16-44(50)48(54)24-32/h1-16,19-20,23-28,49-54H,17-18,21-22H2. The van der Waals surface area contributed by atoms with Crippen LogP contribution in [0.2, 0.25) is 0 Å². The number of fused-ring (bicyclic) bond motifs is 2. The Morgan fingerprint density at radius 1 is 0.259 bits per heavy atom. The van der Waals surface area contributed by atoms with Gasteiger partial charge in [-0.25, -0.2) is 0 Å². The van der Waals surface area contributed by atoms with E-state index in [2.05, 4.69) is 72.8 Å². The number of hydrogen-bond donors (Lipinski definition) is 6. The average molecular weight is 711 g/mol. The second-order valence-electron chi connectivity index (χ2n) is 14.0. The van der Waals surface area contributed by atoms with E-state index in [-0.39, 0.29) is 34.5 Å². The van der Waals surface area contributed by atoms with Gasteiger partial charge in [-0.3, -0.25) is 0 Å². The molecule has 6 N–H and O–H groups in total. The van der Waals surface area contributed by atoms with Crippen molar-refractivity contribution < 1.29 is 30.6 Å². The SMILES string of the molecule is Oc1ccc(Cc2cc3cc(Cc4ccccc4-c4ccccc4Cc4ccc5cc(O)c(Cc6ccc(O)c(O)c6)cc5c4)ccc3cc2O)cc1O. The predicted octanol–water partition coefficient (Wildman–Crippen LogP) is 10.3. The highest BCUT2D eigenvalue weighted by Gasteiger charge is 2.14. The molecule has 0 fully saturated rings. The van der Waals surface area contributed by atoms with Gasteiger partial charge in [0.1, 0.15) is 11.5 Å². The summed E-state index contributed by atoms with van der Waals surface area (Å²) in [5, 5.41) is 64.9. The zero-order valence-corrected chi connectivity index (χ0v) is 29.4. The number of phenols is 6. The van der Waals surface area contributed by atoms with Gasteiger partial charge < -0.3 is 30.6 Å². The molecule has 0 aliphatic carbocycles. The first-order valence-electron chi connectivity index (χ1n) is 17.8. The number of hydrogen-bond acceptors (Lipinski definition) is 6. The number of rotatable bonds is 9. The maximum Gasteiger partial charge on any atom is 0.157 e. The van der Waals surface area contributed by atoms with E-state index < -0.39 is 0 Å². The molecule has 6 nitrogen and oxygen atoms in total. The highest BCUT2D eigenvalue weighted by atomic mass is 16.3. The molecule has 0 aliphatic rings. The molecule has 0 radical (unpaired) electrons. The zero-order chi connectivity index (χ0) is 37.3. The van der Waals surface area contributed by atoms with Crippen molar-refractivity contribution in [2.75, 3.05) is 0 Å². The molecular formula is C48H38O6. The fraction of sp³-hybridized carbons (Fsp3) is 0.0833. The van der Waals surface area contributed by atoms with Gasteiger partial charge in [0.15, 0.2) is 23.0 Å². The molecule has 0 unspecified atom stereocenters. The van der Waals surface area contributed by atoms with E-state index in [1.54, 1.807) is 24.3 Å². The summed E-state index contributed by atoms with van der Waals surface area (Å²) in [5.41, 5.74) is 10.0. The third kappa shape index (κ3) is 7.10. The van der Waals surface area contributed by atoms with Crippen molar-refractivity contribution in [1.82, 2.24) is 0 Å². The van der Waals surface area contributed by atoms with Gasteiger partial charge in [-0.1, -0.05) is 97.1 Å². The van der Waals surface area contributed by atoms with E-state index in [9.17, 15) is 30.6 Å². The molecular weight excluding hydrogens is 673 g/mol. The molecule has 0 saturated heterocycles. The van der Waals surface area contributed by atoms with Crippen LogP contribution in [0.4, 0.5) is 0 Å². The lowest BCUT2D eigenvalue weighted by Crippen LogP contribution is -1.97. The molecule has 0 atom stereocenters. The van der Waals surface area contributed by atoms with Crippen molar-refractivity contribution in [1.29, 1.82) is 0 Å². The number of aromatic hydroxyl groups is 6. The Hall–Kier alpha value is -6.92. The maximum atomic E-state index is 10.8. The van der Waals surface area contributed by atoms with E-state index in [0.717, 1.165) is 66.1 Å². The smallest absolute Gasteiger partial charge is 0.157 e. The van der Waals surface area contributed by atoms with Gasteiger partial charge in [-0.05, 0) is 139 Å².